The van der Waals surface area contributed by atoms with Crippen LogP contribution in [0.5, 0.6) is 0 Å². The maximum absolute atomic E-state index is 15.8. The van der Waals surface area contributed by atoms with Crippen LogP contribution < -0.4 is 15.4 Å². The molecule has 17 heteroatoms. The Balaban J connectivity index is 1.68. The van der Waals surface area contributed by atoms with Gasteiger partial charge in [0.15, 0.2) is 5.82 Å². The second kappa shape index (κ2) is 12.2. The number of H-pyrrole nitrogens is 1. The number of aromatic amines is 1. The molecule has 0 unspecified atom stereocenters. The predicted molar refractivity (Wildman–Crippen MR) is 141 cm³/mol. The highest BCUT2D eigenvalue weighted by molar-refractivity contribution is 7.89. The van der Waals surface area contributed by atoms with Crippen LogP contribution in [0.4, 0.5) is 28.3 Å². The number of aromatic nitrogens is 4. The number of halogens is 5. The SMILES string of the molecule is COC(=O)N[C@@H](C)CNc1nccc(-c2[nH]c(C3CC3)nc2-c2cc(Cl)cc(S(=O)(=O)NCCC(F)(F)F)c2F)n1. The Morgan fingerprint density at radius 2 is 2.00 bits per heavy atom. The Morgan fingerprint density at radius 3 is 2.66 bits per heavy atom. The van der Waals surface area contributed by atoms with Gasteiger partial charge in [0.05, 0.1) is 24.9 Å². The fourth-order valence-corrected chi connectivity index (χ4v) is 5.23. The number of sulfonamides is 1. The van der Waals surface area contributed by atoms with E-state index >= 15 is 4.39 Å². The summed E-state index contributed by atoms with van der Waals surface area (Å²) in [7, 11) is -3.45. The van der Waals surface area contributed by atoms with Crippen LogP contribution in [0.15, 0.2) is 29.3 Å². The average molecular weight is 620 g/mol. The lowest BCUT2D eigenvalue weighted by Crippen LogP contribution is -2.37. The third-order valence-corrected chi connectivity index (χ3v) is 7.64. The third-order valence-electron chi connectivity index (χ3n) is 5.96. The molecule has 0 bridgehead atoms. The number of rotatable bonds is 11. The molecule has 0 aliphatic heterocycles. The standard InChI is InChI=1S/C24H26ClF4N7O4S/c1-12(33-23(37)40-2)11-31-22-30-7-5-16(34-22)20-19(35-21(36-20)13-3-4-13)15-9-14(25)10-17(18(15)26)41(38,39)32-8-6-24(27,28)29/h5,7,9-10,12-13,32H,3-4,6,8,11H2,1-2H3,(H,33,37)(H,35,36)(H,30,31,34)/t12-/m0/s1. The van der Waals surface area contributed by atoms with E-state index in [4.69, 9.17) is 11.6 Å². The summed E-state index contributed by atoms with van der Waals surface area (Å²) >= 11 is 6.16. The maximum Gasteiger partial charge on any atom is 0.407 e. The minimum Gasteiger partial charge on any atom is -0.453 e. The van der Waals surface area contributed by atoms with E-state index in [1.54, 1.807) is 11.6 Å². The fourth-order valence-electron chi connectivity index (χ4n) is 3.80. The second-order valence-electron chi connectivity index (χ2n) is 9.33. The first-order chi connectivity index (χ1) is 19.3. The predicted octanol–water partition coefficient (Wildman–Crippen LogP) is 4.59. The summed E-state index contributed by atoms with van der Waals surface area (Å²) in [6.45, 7) is 0.999. The molecule has 1 fully saturated rings. The number of anilines is 1. The van der Waals surface area contributed by atoms with Gasteiger partial charge >= 0.3 is 12.3 Å². The number of amides is 1. The molecule has 11 nitrogen and oxygen atoms in total. The smallest absolute Gasteiger partial charge is 0.407 e. The van der Waals surface area contributed by atoms with Crippen molar-refractivity contribution in [2.24, 2.45) is 0 Å². The highest BCUT2D eigenvalue weighted by Crippen LogP contribution is 2.42. The van der Waals surface area contributed by atoms with Gasteiger partial charge in [-0.2, -0.15) is 13.2 Å². The molecule has 2 heterocycles. The molecule has 222 valence electrons. The highest BCUT2D eigenvalue weighted by Gasteiger charge is 2.32. The van der Waals surface area contributed by atoms with Crippen LogP contribution in [0, 0.1) is 5.82 Å². The van der Waals surface area contributed by atoms with Crippen molar-refractivity contribution in [1.82, 2.24) is 30.0 Å². The number of benzene rings is 1. The Hall–Kier alpha value is -3.50. The van der Waals surface area contributed by atoms with Gasteiger partial charge < -0.3 is 20.4 Å². The van der Waals surface area contributed by atoms with E-state index in [0.29, 0.717) is 5.82 Å². The first-order valence-corrected chi connectivity index (χ1v) is 14.2. The number of carbonyl (C=O) groups is 1. The lowest BCUT2D eigenvalue weighted by molar-refractivity contribution is -0.132. The minimum absolute atomic E-state index is 0.0176. The van der Waals surface area contributed by atoms with Gasteiger partial charge in [-0.05, 0) is 38.0 Å². The number of alkyl halides is 3. The molecule has 0 spiro atoms. The zero-order chi connectivity index (χ0) is 29.9. The van der Waals surface area contributed by atoms with Crippen molar-refractivity contribution in [3.05, 3.63) is 41.1 Å². The fraction of sp³-hybridized carbons (Fsp3) is 0.417. The molecule has 1 aliphatic rings. The van der Waals surface area contributed by atoms with E-state index in [2.05, 4.69) is 35.3 Å². The first-order valence-electron chi connectivity index (χ1n) is 12.3. The first kappa shape index (κ1) is 30.5. The van der Waals surface area contributed by atoms with Crippen LogP contribution >= 0.6 is 11.6 Å². The summed E-state index contributed by atoms with van der Waals surface area (Å²) in [5, 5.41) is 5.39. The van der Waals surface area contributed by atoms with Crippen molar-refractivity contribution in [1.29, 1.82) is 0 Å². The van der Waals surface area contributed by atoms with E-state index in [1.807, 2.05) is 0 Å². The zero-order valence-corrected chi connectivity index (χ0v) is 23.3. The molecular formula is C24H26ClF4N7O4S. The van der Waals surface area contributed by atoms with Crippen molar-refractivity contribution in [2.75, 3.05) is 25.5 Å². The maximum atomic E-state index is 15.8. The Bertz CT molecular complexity index is 1530. The molecule has 2 aromatic heterocycles. The van der Waals surface area contributed by atoms with Crippen molar-refractivity contribution in [3.63, 3.8) is 0 Å². The number of methoxy groups -OCH3 is 1. The summed E-state index contributed by atoms with van der Waals surface area (Å²) in [6, 6.07) is 3.20. The van der Waals surface area contributed by atoms with Crippen LogP contribution in [-0.4, -0.2) is 66.9 Å². The molecule has 4 N–H and O–H groups in total. The van der Waals surface area contributed by atoms with Crippen LogP contribution in [0.25, 0.3) is 22.6 Å². The van der Waals surface area contributed by atoms with Gasteiger partial charge in [-0.15, -0.1) is 0 Å². The summed E-state index contributed by atoms with van der Waals surface area (Å²) in [5.74, 6) is -0.440. The Labute approximate surface area is 237 Å². The normalized spacial score (nSPS) is 14.5. The number of hydrogen-bond acceptors (Lipinski definition) is 8. The number of carbonyl (C=O) groups excluding carboxylic acids is 1. The number of imidazole rings is 1. The van der Waals surface area contributed by atoms with E-state index in [9.17, 15) is 26.4 Å². The summed E-state index contributed by atoms with van der Waals surface area (Å²) < 4.78 is 85.2. The molecule has 3 aromatic rings. The topological polar surface area (TPSA) is 151 Å². The average Bonchev–Trinajstić information content (AvgIpc) is 3.66. The largest absolute Gasteiger partial charge is 0.453 e. The van der Waals surface area contributed by atoms with Crippen LogP contribution in [0.1, 0.15) is 37.9 Å². The van der Waals surface area contributed by atoms with Crippen LogP contribution in [0.2, 0.25) is 5.02 Å². The van der Waals surface area contributed by atoms with Crippen molar-refractivity contribution in [3.8, 4) is 22.6 Å². The van der Waals surface area contributed by atoms with Gasteiger partial charge in [-0.25, -0.2) is 37.3 Å². The van der Waals surface area contributed by atoms with Gasteiger partial charge in [0.25, 0.3) is 0 Å². The number of nitrogens with zero attached hydrogens (tertiary/aromatic N) is 3. The molecule has 1 amide bonds. The Kier molecular flexibility index (Phi) is 9.03. The van der Waals surface area contributed by atoms with Gasteiger partial charge in [0.2, 0.25) is 16.0 Å². The number of alkyl carbamates (subject to hydrolysis) is 1. The number of nitrogens with one attached hydrogen (secondary N) is 4. The lowest BCUT2D eigenvalue weighted by atomic mass is 10.1. The number of hydrogen-bond donors (Lipinski definition) is 4. The molecule has 41 heavy (non-hydrogen) atoms. The van der Waals surface area contributed by atoms with Gasteiger partial charge in [0.1, 0.15) is 16.4 Å². The lowest BCUT2D eigenvalue weighted by Gasteiger charge is -2.14. The van der Waals surface area contributed by atoms with Crippen molar-refractivity contribution in [2.45, 2.75) is 49.2 Å². The van der Waals surface area contributed by atoms with Gasteiger partial charge in [-0.1, -0.05) is 11.6 Å². The van der Waals surface area contributed by atoms with E-state index in [1.165, 1.54) is 25.4 Å². The zero-order valence-electron chi connectivity index (χ0n) is 21.8. The number of ether oxygens (including phenoxy) is 1. The van der Waals surface area contributed by atoms with Crippen LogP contribution in [-0.2, 0) is 14.8 Å². The van der Waals surface area contributed by atoms with E-state index in [0.717, 1.165) is 18.9 Å². The molecule has 0 saturated heterocycles. The molecule has 0 radical (unpaired) electrons. The highest BCUT2D eigenvalue weighted by atomic mass is 35.5. The van der Waals surface area contributed by atoms with E-state index < -0.39 is 46.0 Å². The molecule has 1 saturated carbocycles. The van der Waals surface area contributed by atoms with Crippen molar-refractivity contribution >= 4 is 33.7 Å². The molecule has 4 rings (SSSR count). The quantitative estimate of drug-likeness (QED) is 0.228. The van der Waals surface area contributed by atoms with Gasteiger partial charge in [0, 0.05) is 41.8 Å². The monoisotopic (exact) mass is 619 g/mol. The Morgan fingerprint density at radius 1 is 1.27 bits per heavy atom. The van der Waals surface area contributed by atoms with Crippen molar-refractivity contribution < 1.29 is 35.5 Å². The summed E-state index contributed by atoms with van der Waals surface area (Å²) in [4.78, 5) is 26.8. The molecule has 1 aromatic carbocycles. The van der Waals surface area contributed by atoms with E-state index in [-0.39, 0.29) is 52.1 Å². The molecule has 1 atom stereocenters. The minimum atomic E-state index is -4.70. The summed E-state index contributed by atoms with van der Waals surface area (Å²) in [6.07, 6.45) is -3.52. The third kappa shape index (κ3) is 7.83. The van der Waals surface area contributed by atoms with Crippen LogP contribution in [0.3, 0.4) is 0 Å². The van der Waals surface area contributed by atoms with Gasteiger partial charge in [-0.3, -0.25) is 0 Å². The molecular weight excluding hydrogens is 594 g/mol. The molecule has 1 aliphatic carbocycles. The second-order valence-corrected chi connectivity index (χ2v) is 11.5. The summed E-state index contributed by atoms with van der Waals surface area (Å²) in [5.41, 5.74) is 0.282.